The first kappa shape index (κ1) is 16.1. The Morgan fingerprint density at radius 3 is 2.24 bits per heavy atom. The molecule has 0 aromatic heterocycles. The highest BCUT2D eigenvalue weighted by Crippen LogP contribution is 2.07. The van der Waals surface area contributed by atoms with E-state index in [-0.39, 0.29) is 25.0 Å². The molecule has 0 aliphatic heterocycles. The van der Waals surface area contributed by atoms with Crippen molar-refractivity contribution in [2.24, 2.45) is 0 Å². The Morgan fingerprint density at radius 1 is 0.941 bits per heavy atom. The molecule has 0 unspecified atom stereocenters. The van der Waals surface area contributed by atoms with E-state index in [9.17, 15) is 9.59 Å². The number of carbonyl (C=O) groups excluding carboxylic acids is 2. The van der Waals surface area contributed by atoms with E-state index in [2.05, 4.69) is 11.7 Å². The monoisotopic (exact) mass is 244 g/mol. The SMILES string of the molecule is CCCCCCCCC(=O)OCC(=O)COC. The Bertz CT molecular complexity index is 213. The van der Waals surface area contributed by atoms with E-state index in [1.807, 2.05) is 0 Å². The highest BCUT2D eigenvalue weighted by atomic mass is 16.5. The van der Waals surface area contributed by atoms with Crippen LogP contribution in [0.1, 0.15) is 51.9 Å². The highest BCUT2D eigenvalue weighted by molar-refractivity contribution is 5.83. The molecule has 0 bridgehead atoms. The van der Waals surface area contributed by atoms with Gasteiger partial charge in [0.15, 0.2) is 12.4 Å². The fourth-order valence-electron chi connectivity index (χ4n) is 1.49. The number of carbonyl (C=O) groups is 2. The van der Waals surface area contributed by atoms with Gasteiger partial charge < -0.3 is 9.47 Å². The first-order valence-electron chi connectivity index (χ1n) is 6.37. The zero-order valence-corrected chi connectivity index (χ0v) is 11.0. The number of Topliss-reactive ketones (excluding diaryl/α,β-unsaturated/α-hetero) is 1. The van der Waals surface area contributed by atoms with Gasteiger partial charge in [-0.15, -0.1) is 0 Å². The number of unbranched alkanes of at least 4 members (excludes halogenated alkanes) is 5. The normalized spacial score (nSPS) is 10.2. The van der Waals surface area contributed by atoms with Crippen LogP contribution in [0.15, 0.2) is 0 Å². The molecule has 0 fully saturated rings. The molecule has 0 heterocycles. The van der Waals surface area contributed by atoms with Gasteiger partial charge in [0.25, 0.3) is 0 Å². The highest BCUT2D eigenvalue weighted by Gasteiger charge is 2.06. The second-order valence-electron chi connectivity index (χ2n) is 4.15. The summed E-state index contributed by atoms with van der Waals surface area (Å²) in [7, 11) is 1.44. The lowest BCUT2D eigenvalue weighted by Gasteiger charge is -2.03. The van der Waals surface area contributed by atoms with Gasteiger partial charge in [0.1, 0.15) is 6.61 Å². The van der Waals surface area contributed by atoms with Crippen LogP contribution in [-0.2, 0) is 19.1 Å². The van der Waals surface area contributed by atoms with Crippen LogP contribution in [0.3, 0.4) is 0 Å². The average Bonchev–Trinajstić information content (AvgIpc) is 2.31. The fraction of sp³-hybridized carbons (Fsp3) is 0.846. The van der Waals surface area contributed by atoms with Crippen LogP contribution in [0, 0.1) is 0 Å². The molecule has 0 rings (SSSR count). The van der Waals surface area contributed by atoms with Gasteiger partial charge in [-0.05, 0) is 6.42 Å². The fourth-order valence-corrected chi connectivity index (χ4v) is 1.49. The van der Waals surface area contributed by atoms with Gasteiger partial charge in [-0.3, -0.25) is 9.59 Å². The van der Waals surface area contributed by atoms with E-state index in [1.54, 1.807) is 0 Å². The predicted molar refractivity (Wildman–Crippen MR) is 65.8 cm³/mol. The van der Waals surface area contributed by atoms with Gasteiger partial charge in [-0.1, -0.05) is 39.0 Å². The van der Waals surface area contributed by atoms with E-state index in [4.69, 9.17) is 4.74 Å². The topological polar surface area (TPSA) is 52.6 Å². The van der Waals surface area contributed by atoms with Crippen LogP contribution in [-0.4, -0.2) is 32.1 Å². The molecule has 0 aromatic rings. The summed E-state index contributed by atoms with van der Waals surface area (Å²) in [5.74, 6) is -0.492. The maximum atomic E-state index is 11.2. The Hall–Kier alpha value is -0.900. The molecule has 0 aromatic carbocycles. The zero-order chi connectivity index (χ0) is 12.9. The lowest BCUT2D eigenvalue weighted by molar-refractivity contribution is -0.149. The number of ketones is 1. The Kier molecular flexibility index (Phi) is 11.0. The van der Waals surface area contributed by atoms with Gasteiger partial charge in [-0.25, -0.2) is 0 Å². The number of rotatable bonds is 11. The maximum absolute atomic E-state index is 11.2. The van der Waals surface area contributed by atoms with Crippen molar-refractivity contribution in [2.75, 3.05) is 20.3 Å². The molecule has 0 saturated carbocycles. The van der Waals surface area contributed by atoms with Crippen molar-refractivity contribution in [3.63, 3.8) is 0 Å². The summed E-state index contributed by atoms with van der Waals surface area (Å²) < 4.78 is 9.45. The van der Waals surface area contributed by atoms with Gasteiger partial charge >= 0.3 is 5.97 Å². The Morgan fingerprint density at radius 2 is 1.59 bits per heavy atom. The minimum Gasteiger partial charge on any atom is -0.458 e. The molecule has 0 spiro atoms. The van der Waals surface area contributed by atoms with Crippen molar-refractivity contribution < 1.29 is 19.1 Å². The quantitative estimate of drug-likeness (QED) is 0.414. The summed E-state index contributed by atoms with van der Waals surface area (Å²) >= 11 is 0. The number of ether oxygens (including phenoxy) is 2. The molecule has 4 heteroatoms. The molecule has 0 aliphatic carbocycles. The van der Waals surface area contributed by atoms with E-state index in [1.165, 1.54) is 32.8 Å². The third-order valence-electron chi connectivity index (χ3n) is 2.43. The molecule has 0 atom stereocenters. The first-order valence-corrected chi connectivity index (χ1v) is 6.37. The molecule has 4 nitrogen and oxygen atoms in total. The summed E-state index contributed by atoms with van der Waals surface area (Å²) in [6.45, 7) is 2.02. The van der Waals surface area contributed by atoms with E-state index in [0.717, 1.165) is 12.8 Å². The lowest BCUT2D eigenvalue weighted by Crippen LogP contribution is -2.17. The molecule has 0 saturated heterocycles. The van der Waals surface area contributed by atoms with Crippen LogP contribution >= 0.6 is 0 Å². The van der Waals surface area contributed by atoms with Crippen molar-refractivity contribution in [1.82, 2.24) is 0 Å². The van der Waals surface area contributed by atoms with Crippen LogP contribution in [0.2, 0.25) is 0 Å². The van der Waals surface area contributed by atoms with Crippen LogP contribution < -0.4 is 0 Å². The predicted octanol–water partition coefficient (Wildman–Crippen LogP) is 2.50. The average molecular weight is 244 g/mol. The van der Waals surface area contributed by atoms with Crippen molar-refractivity contribution in [1.29, 1.82) is 0 Å². The van der Waals surface area contributed by atoms with Crippen LogP contribution in [0.25, 0.3) is 0 Å². The van der Waals surface area contributed by atoms with Crippen LogP contribution in [0.5, 0.6) is 0 Å². The minimum atomic E-state index is -0.287. The summed E-state index contributed by atoms with van der Waals surface area (Å²) in [4.78, 5) is 22.2. The number of methoxy groups -OCH3 is 1. The molecule has 100 valence electrons. The molecule has 0 aliphatic rings. The molecule has 17 heavy (non-hydrogen) atoms. The lowest BCUT2D eigenvalue weighted by atomic mass is 10.1. The molecule has 0 N–H and O–H groups in total. The molecular formula is C13H24O4. The van der Waals surface area contributed by atoms with Gasteiger partial charge in [0.2, 0.25) is 0 Å². The number of hydrogen-bond acceptors (Lipinski definition) is 4. The van der Waals surface area contributed by atoms with E-state index >= 15 is 0 Å². The summed E-state index contributed by atoms with van der Waals surface area (Å²) in [5.41, 5.74) is 0. The number of esters is 1. The van der Waals surface area contributed by atoms with Crippen LogP contribution in [0.4, 0.5) is 0 Å². The standard InChI is InChI=1S/C13H24O4/c1-3-4-5-6-7-8-9-13(15)17-11-12(14)10-16-2/h3-11H2,1-2H3. The summed E-state index contributed by atoms with van der Waals surface area (Å²) in [6, 6.07) is 0. The molecular weight excluding hydrogens is 220 g/mol. The summed E-state index contributed by atoms with van der Waals surface area (Å²) in [6.07, 6.45) is 7.20. The minimum absolute atomic E-state index is 0.00426. The second kappa shape index (κ2) is 11.6. The number of hydrogen-bond donors (Lipinski definition) is 0. The Balaban J connectivity index is 3.31. The maximum Gasteiger partial charge on any atom is 0.306 e. The van der Waals surface area contributed by atoms with Gasteiger partial charge in [0, 0.05) is 13.5 Å². The zero-order valence-electron chi connectivity index (χ0n) is 11.0. The first-order chi connectivity index (χ1) is 8.20. The second-order valence-corrected chi connectivity index (χ2v) is 4.15. The third kappa shape index (κ3) is 11.4. The molecule has 0 amide bonds. The Labute approximate surface area is 104 Å². The summed E-state index contributed by atoms with van der Waals surface area (Å²) in [5, 5.41) is 0. The largest absolute Gasteiger partial charge is 0.458 e. The van der Waals surface area contributed by atoms with Gasteiger partial charge in [0.05, 0.1) is 0 Å². The third-order valence-corrected chi connectivity index (χ3v) is 2.43. The smallest absolute Gasteiger partial charge is 0.306 e. The van der Waals surface area contributed by atoms with E-state index in [0.29, 0.717) is 6.42 Å². The molecule has 0 radical (unpaired) electrons. The van der Waals surface area contributed by atoms with Crippen molar-refractivity contribution in [3.05, 3.63) is 0 Å². The van der Waals surface area contributed by atoms with E-state index < -0.39 is 0 Å². The van der Waals surface area contributed by atoms with Crippen molar-refractivity contribution in [2.45, 2.75) is 51.9 Å². The van der Waals surface area contributed by atoms with Gasteiger partial charge in [-0.2, -0.15) is 0 Å². The van der Waals surface area contributed by atoms with Crippen molar-refractivity contribution >= 4 is 11.8 Å². The van der Waals surface area contributed by atoms with Crippen molar-refractivity contribution in [3.8, 4) is 0 Å².